The van der Waals surface area contributed by atoms with E-state index in [0.717, 1.165) is 68.3 Å². The summed E-state index contributed by atoms with van der Waals surface area (Å²) in [4.78, 5) is 32.1. The van der Waals surface area contributed by atoms with Crippen LogP contribution in [0.1, 0.15) is 65.9 Å². The molecule has 2 aliphatic heterocycles. The average molecular weight is 619 g/mol. The molecule has 1 fully saturated rings. The van der Waals surface area contributed by atoms with E-state index in [2.05, 4.69) is 30.6 Å². The Morgan fingerprint density at radius 2 is 1.67 bits per heavy atom. The molecular weight excluding hydrogens is 573 g/mol. The number of hydrogen-bond acceptors (Lipinski definition) is 6. The first-order chi connectivity index (χ1) is 19.8. The van der Waals surface area contributed by atoms with Gasteiger partial charge in [-0.15, -0.1) is 0 Å². The van der Waals surface area contributed by atoms with Gasteiger partial charge < -0.3 is 14.4 Å². The molecule has 0 spiro atoms. The number of ether oxygens (including phenoxy) is 2. The smallest absolute Gasteiger partial charge is 0.313 e. The summed E-state index contributed by atoms with van der Waals surface area (Å²) < 4.78 is 11.8. The molecule has 0 aliphatic carbocycles. The molecule has 2 aromatic carbocycles. The Morgan fingerprint density at radius 3 is 2.38 bits per heavy atom. The maximum absolute atomic E-state index is 12.9. The number of carbonyl (C=O) groups is 2. The fraction of sp³-hybridized carbons (Fsp3) is 0.576. The van der Waals surface area contributed by atoms with Gasteiger partial charge in [-0.1, -0.05) is 56.1 Å². The summed E-state index contributed by atoms with van der Waals surface area (Å²) in [6.45, 7) is 15.5. The fourth-order valence-corrected chi connectivity index (χ4v) is 6.46. The average Bonchev–Trinajstić information content (AvgIpc) is 2.93. The third-order valence-corrected chi connectivity index (χ3v) is 8.70. The van der Waals surface area contributed by atoms with E-state index >= 15 is 0 Å². The van der Waals surface area contributed by atoms with Crippen LogP contribution >= 0.6 is 23.2 Å². The number of unbranched alkanes of at least 4 members (excludes halogenated alkanes) is 1. The third kappa shape index (κ3) is 8.55. The van der Waals surface area contributed by atoms with Gasteiger partial charge in [0.25, 0.3) is 0 Å². The highest BCUT2D eigenvalue weighted by Crippen LogP contribution is 2.36. The van der Waals surface area contributed by atoms with Gasteiger partial charge in [0.15, 0.2) is 6.73 Å². The van der Waals surface area contributed by atoms with Crippen molar-refractivity contribution in [3.8, 4) is 5.75 Å². The van der Waals surface area contributed by atoms with Crippen molar-refractivity contribution in [3.63, 3.8) is 0 Å². The molecule has 1 saturated heterocycles. The number of fused-ring (bicyclic) bond motifs is 1. The number of anilines is 2. The minimum Gasteiger partial charge on any atom is -0.494 e. The molecule has 0 aromatic heterocycles. The Kier molecular flexibility index (Phi) is 10.7. The molecule has 0 saturated carbocycles. The number of halogens is 2. The summed E-state index contributed by atoms with van der Waals surface area (Å²) in [6.07, 6.45) is 3.73. The van der Waals surface area contributed by atoms with E-state index in [1.807, 2.05) is 50.2 Å². The second-order valence-corrected chi connectivity index (χ2v) is 14.0. The molecule has 0 unspecified atom stereocenters. The largest absolute Gasteiger partial charge is 0.494 e. The van der Waals surface area contributed by atoms with Crippen LogP contribution in [-0.4, -0.2) is 62.8 Å². The lowest BCUT2D eigenvalue weighted by atomic mass is 9.76. The Morgan fingerprint density at radius 1 is 0.929 bits per heavy atom. The summed E-state index contributed by atoms with van der Waals surface area (Å²) in [5.74, 6) is 0.387. The lowest BCUT2D eigenvalue weighted by Gasteiger charge is -2.36. The maximum atomic E-state index is 12.9. The zero-order valence-electron chi connectivity index (χ0n) is 25.7. The molecule has 4 rings (SSSR count). The Balaban J connectivity index is 1.23. The minimum absolute atomic E-state index is 0.0102. The zero-order valence-corrected chi connectivity index (χ0v) is 27.2. The van der Waals surface area contributed by atoms with E-state index in [1.165, 1.54) is 0 Å². The van der Waals surface area contributed by atoms with Gasteiger partial charge in [0, 0.05) is 38.7 Å². The number of nitrogens with zero attached hydrogens (tertiary/aromatic N) is 3. The van der Waals surface area contributed by atoms with Crippen LogP contribution in [0, 0.1) is 10.8 Å². The van der Waals surface area contributed by atoms with Crippen LogP contribution in [0.25, 0.3) is 0 Å². The summed E-state index contributed by atoms with van der Waals surface area (Å²) >= 11 is 12.6. The SMILES string of the molecule is CC(C)(C)CC(C)(C)C(=O)OCN1C(=O)CCc2ccc(OCCCCN3CCN(c4cccc(Cl)c4Cl)CC3)cc21. The highest BCUT2D eigenvalue weighted by molar-refractivity contribution is 6.43. The quantitative estimate of drug-likeness (QED) is 0.196. The number of benzene rings is 2. The molecule has 9 heteroatoms. The first-order valence-electron chi connectivity index (χ1n) is 15.0. The van der Waals surface area contributed by atoms with Crippen LogP contribution in [0.2, 0.25) is 10.0 Å². The number of amides is 1. The number of hydrogen-bond donors (Lipinski definition) is 0. The molecule has 2 aliphatic rings. The first-order valence-corrected chi connectivity index (χ1v) is 15.7. The van der Waals surface area contributed by atoms with Crippen LogP contribution < -0.4 is 14.5 Å². The molecule has 0 radical (unpaired) electrons. The van der Waals surface area contributed by atoms with Gasteiger partial charge >= 0.3 is 5.97 Å². The van der Waals surface area contributed by atoms with Crippen LogP contribution in [-0.2, 0) is 20.7 Å². The highest BCUT2D eigenvalue weighted by Gasteiger charge is 2.35. The van der Waals surface area contributed by atoms with Gasteiger partial charge in [0.1, 0.15) is 5.75 Å². The highest BCUT2D eigenvalue weighted by atomic mass is 35.5. The molecule has 42 heavy (non-hydrogen) atoms. The normalized spacial score (nSPS) is 16.4. The van der Waals surface area contributed by atoms with Crippen LogP contribution in [0.15, 0.2) is 36.4 Å². The van der Waals surface area contributed by atoms with Crippen molar-refractivity contribution >= 4 is 46.5 Å². The van der Waals surface area contributed by atoms with Crippen LogP contribution in [0.3, 0.4) is 0 Å². The van der Waals surface area contributed by atoms with Crippen LogP contribution in [0.4, 0.5) is 11.4 Å². The second-order valence-electron chi connectivity index (χ2n) is 13.3. The molecule has 2 heterocycles. The van der Waals surface area contributed by atoms with Crippen molar-refractivity contribution in [1.29, 1.82) is 0 Å². The summed E-state index contributed by atoms with van der Waals surface area (Å²) in [6, 6.07) is 11.7. The Bertz CT molecular complexity index is 1250. The van der Waals surface area contributed by atoms with E-state index in [9.17, 15) is 9.59 Å². The fourth-order valence-electron chi connectivity index (χ4n) is 6.04. The Labute approximate surface area is 261 Å². The van der Waals surface area contributed by atoms with Gasteiger partial charge in [-0.2, -0.15) is 0 Å². The van der Waals surface area contributed by atoms with Gasteiger partial charge in [0.2, 0.25) is 5.91 Å². The molecule has 0 atom stereocenters. The molecule has 230 valence electrons. The molecular formula is C33H45Cl2N3O4. The zero-order chi connectivity index (χ0) is 30.5. The maximum Gasteiger partial charge on any atom is 0.313 e. The topological polar surface area (TPSA) is 62.3 Å². The van der Waals surface area contributed by atoms with Gasteiger partial charge in [-0.25, -0.2) is 0 Å². The van der Waals surface area contributed by atoms with Crippen molar-refractivity contribution in [3.05, 3.63) is 52.0 Å². The molecule has 1 amide bonds. The van der Waals surface area contributed by atoms with Crippen LogP contribution in [0.5, 0.6) is 5.75 Å². The van der Waals surface area contributed by atoms with Gasteiger partial charge in [-0.05, 0) is 75.3 Å². The number of piperazine rings is 1. The number of esters is 1. The van der Waals surface area contributed by atoms with Crippen molar-refractivity contribution in [2.24, 2.45) is 10.8 Å². The molecule has 0 N–H and O–H groups in total. The molecule has 2 aromatic rings. The summed E-state index contributed by atoms with van der Waals surface area (Å²) in [5, 5.41) is 1.22. The van der Waals surface area contributed by atoms with Crippen molar-refractivity contribution < 1.29 is 19.1 Å². The minimum atomic E-state index is -0.637. The predicted molar refractivity (Wildman–Crippen MR) is 171 cm³/mol. The molecule has 0 bridgehead atoms. The van der Waals surface area contributed by atoms with E-state index in [4.69, 9.17) is 32.7 Å². The van der Waals surface area contributed by atoms with Crippen molar-refractivity contribution in [2.45, 2.75) is 66.7 Å². The van der Waals surface area contributed by atoms with E-state index in [0.29, 0.717) is 35.9 Å². The summed E-state index contributed by atoms with van der Waals surface area (Å²) in [7, 11) is 0. The Hall–Kier alpha value is -2.48. The monoisotopic (exact) mass is 617 g/mol. The number of rotatable bonds is 11. The number of carbonyl (C=O) groups excluding carboxylic acids is 2. The van der Waals surface area contributed by atoms with Gasteiger partial charge in [-0.3, -0.25) is 19.4 Å². The van der Waals surface area contributed by atoms with E-state index < -0.39 is 5.41 Å². The second kappa shape index (κ2) is 13.9. The lowest BCUT2D eigenvalue weighted by Crippen LogP contribution is -2.46. The van der Waals surface area contributed by atoms with Gasteiger partial charge in [0.05, 0.1) is 33.4 Å². The van der Waals surface area contributed by atoms with E-state index in [1.54, 1.807) is 4.90 Å². The third-order valence-electron chi connectivity index (χ3n) is 7.89. The van der Waals surface area contributed by atoms with Crippen molar-refractivity contribution in [2.75, 3.05) is 55.9 Å². The lowest BCUT2D eigenvalue weighted by molar-refractivity contribution is -0.156. The standard InChI is InChI=1S/C33H45Cl2N3O4/c1-32(2,3)22-33(4,5)31(40)42-23-38-28-21-25(13-11-24(28)12-14-29(38)39)41-20-7-6-15-36-16-18-37(19-17-36)27-10-8-9-26(34)30(27)35/h8-11,13,21H,6-7,12,14-20,22-23H2,1-5H3. The van der Waals surface area contributed by atoms with E-state index in [-0.39, 0.29) is 24.0 Å². The summed E-state index contributed by atoms with van der Waals surface area (Å²) in [5.41, 5.74) is 2.18. The predicted octanol–water partition coefficient (Wildman–Crippen LogP) is 7.22. The number of aryl methyl sites for hydroxylation is 1. The first kappa shape index (κ1) is 32.4. The van der Waals surface area contributed by atoms with Crippen molar-refractivity contribution in [1.82, 2.24) is 4.90 Å². The molecule has 7 nitrogen and oxygen atoms in total.